The number of halogens is 1. The van der Waals surface area contributed by atoms with E-state index in [9.17, 15) is 13.2 Å². The molecule has 1 fully saturated rings. The van der Waals surface area contributed by atoms with Crippen LogP contribution in [0.5, 0.6) is 0 Å². The molecule has 0 bridgehead atoms. The van der Waals surface area contributed by atoms with Gasteiger partial charge in [-0.1, -0.05) is 6.92 Å². The fourth-order valence-corrected chi connectivity index (χ4v) is 4.17. The Morgan fingerprint density at radius 3 is 2.57 bits per heavy atom. The molecule has 116 valence electrons. The van der Waals surface area contributed by atoms with Gasteiger partial charge in [-0.15, -0.1) is 0 Å². The molecule has 0 spiro atoms. The molecule has 0 atom stereocenters. The first-order chi connectivity index (χ1) is 9.95. The van der Waals surface area contributed by atoms with E-state index in [2.05, 4.69) is 20.9 Å². The van der Waals surface area contributed by atoms with E-state index in [1.807, 2.05) is 6.92 Å². The fraction of sp³-hybridized carbons (Fsp3) is 0.538. The molecule has 0 unspecified atom stereocenters. The highest BCUT2D eigenvalue weighted by Gasteiger charge is 2.29. The molecule has 1 aromatic heterocycles. The number of hydrogen-bond donors (Lipinski definition) is 0. The van der Waals surface area contributed by atoms with Crippen molar-refractivity contribution in [1.29, 1.82) is 0 Å². The summed E-state index contributed by atoms with van der Waals surface area (Å²) in [5.41, 5.74) is 0.363. The molecule has 2 rings (SSSR count). The van der Waals surface area contributed by atoms with Gasteiger partial charge in [-0.3, -0.25) is 4.79 Å². The van der Waals surface area contributed by atoms with Gasteiger partial charge in [0.2, 0.25) is 10.0 Å². The van der Waals surface area contributed by atoms with Gasteiger partial charge in [-0.05, 0) is 34.5 Å². The van der Waals surface area contributed by atoms with Crippen molar-refractivity contribution in [2.75, 3.05) is 31.9 Å². The average molecular weight is 376 g/mol. The third-order valence-electron chi connectivity index (χ3n) is 3.34. The lowest BCUT2D eigenvalue weighted by Gasteiger charge is -2.33. The Hall–Kier alpha value is -0.990. The van der Waals surface area contributed by atoms with Gasteiger partial charge in [0.15, 0.2) is 0 Å². The summed E-state index contributed by atoms with van der Waals surface area (Å²) in [6.45, 7) is 3.32. The number of rotatable bonds is 4. The first-order valence-electron chi connectivity index (χ1n) is 6.83. The van der Waals surface area contributed by atoms with Crippen molar-refractivity contribution in [3.05, 3.63) is 28.5 Å². The smallest absolute Gasteiger partial charge is 0.273 e. The van der Waals surface area contributed by atoms with Crippen LogP contribution in [-0.4, -0.2) is 60.4 Å². The summed E-state index contributed by atoms with van der Waals surface area (Å²) in [5.74, 6) is -0.0118. The highest BCUT2D eigenvalue weighted by Crippen LogP contribution is 2.17. The number of nitrogens with zero attached hydrogens (tertiary/aromatic N) is 3. The van der Waals surface area contributed by atoms with Crippen molar-refractivity contribution in [2.24, 2.45) is 0 Å². The molecule has 21 heavy (non-hydrogen) atoms. The number of sulfonamides is 1. The van der Waals surface area contributed by atoms with E-state index in [0.717, 1.165) is 0 Å². The van der Waals surface area contributed by atoms with Crippen LogP contribution in [0, 0.1) is 0 Å². The summed E-state index contributed by atoms with van der Waals surface area (Å²) in [6.07, 6.45) is 2.17. The molecular formula is C13H18BrN3O3S. The first-order valence-corrected chi connectivity index (χ1v) is 9.23. The molecular weight excluding hydrogens is 358 g/mol. The predicted octanol–water partition coefficient (Wildman–Crippen LogP) is 1.34. The van der Waals surface area contributed by atoms with Gasteiger partial charge in [0.1, 0.15) is 5.69 Å². The number of carbonyl (C=O) groups is 1. The zero-order chi connectivity index (χ0) is 15.5. The third kappa shape index (κ3) is 3.81. The molecule has 2 heterocycles. The molecule has 1 aliphatic rings. The van der Waals surface area contributed by atoms with Crippen LogP contribution < -0.4 is 0 Å². The second-order valence-corrected chi connectivity index (χ2v) is 7.78. The predicted molar refractivity (Wildman–Crippen MR) is 83.5 cm³/mol. The zero-order valence-corrected chi connectivity index (χ0v) is 14.2. The molecule has 1 saturated heterocycles. The van der Waals surface area contributed by atoms with Gasteiger partial charge in [0.25, 0.3) is 5.91 Å². The normalized spacial score (nSPS) is 17.0. The summed E-state index contributed by atoms with van der Waals surface area (Å²) in [7, 11) is -3.18. The average Bonchev–Trinajstić information content (AvgIpc) is 2.47. The molecule has 6 nitrogen and oxygen atoms in total. The lowest BCUT2D eigenvalue weighted by Crippen LogP contribution is -2.51. The first kappa shape index (κ1) is 16.4. The molecule has 0 saturated carbocycles. The highest BCUT2D eigenvalue weighted by molar-refractivity contribution is 9.10. The van der Waals surface area contributed by atoms with Gasteiger partial charge in [0.05, 0.1) is 5.75 Å². The SMILES string of the molecule is CCCS(=O)(=O)N1CCN(C(=O)c2ncccc2Br)CC1. The molecule has 0 aromatic carbocycles. The second kappa shape index (κ2) is 6.85. The lowest BCUT2D eigenvalue weighted by atomic mass is 10.3. The maximum atomic E-state index is 12.4. The van der Waals surface area contributed by atoms with E-state index in [-0.39, 0.29) is 11.7 Å². The molecule has 1 aromatic rings. The quantitative estimate of drug-likeness (QED) is 0.795. The van der Waals surface area contributed by atoms with E-state index in [4.69, 9.17) is 0 Å². The largest absolute Gasteiger partial charge is 0.335 e. The molecule has 1 amide bonds. The van der Waals surface area contributed by atoms with Gasteiger partial charge >= 0.3 is 0 Å². The minimum absolute atomic E-state index is 0.159. The number of amides is 1. The van der Waals surface area contributed by atoms with Crippen LogP contribution in [-0.2, 0) is 10.0 Å². The molecule has 1 aliphatic heterocycles. The summed E-state index contributed by atoms with van der Waals surface area (Å²) < 4.78 is 26.1. The highest BCUT2D eigenvalue weighted by atomic mass is 79.9. The third-order valence-corrected chi connectivity index (χ3v) is 6.06. The number of aromatic nitrogens is 1. The van der Waals surface area contributed by atoms with Crippen molar-refractivity contribution < 1.29 is 13.2 Å². The van der Waals surface area contributed by atoms with Crippen LogP contribution in [0.1, 0.15) is 23.8 Å². The van der Waals surface area contributed by atoms with E-state index in [1.165, 1.54) is 4.31 Å². The second-order valence-electron chi connectivity index (χ2n) is 4.84. The Kier molecular flexibility index (Phi) is 5.34. The summed E-state index contributed by atoms with van der Waals surface area (Å²) in [5, 5.41) is 0. The van der Waals surface area contributed by atoms with Crippen molar-refractivity contribution in [3.63, 3.8) is 0 Å². The minimum atomic E-state index is -3.18. The van der Waals surface area contributed by atoms with Crippen LogP contribution in [0.15, 0.2) is 22.8 Å². The maximum absolute atomic E-state index is 12.4. The molecule has 8 heteroatoms. The fourth-order valence-electron chi connectivity index (χ4n) is 2.25. The Bertz CT molecular complexity index is 613. The number of pyridine rings is 1. The van der Waals surface area contributed by atoms with E-state index >= 15 is 0 Å². The number of piperazine rings is 1. The van der Waals surface area contributed by atoms with Gasteiger partial charge in [0, 0.05) is 36.8 Å². The van der Waals surface area contributed by atoms with Crippen LogP contribution in [0.2, 0.25) is 0 Å². The van der Waals surface area contributed by atoms with Crippen LogP contribution >= 0.6 is 15.9 Å². The topological polar surface area (TPSA) is 70.6 Å². The number of hydrogen-bond acceptors (Lipinski definition) is 4. The molecule has 0 N–H and O–H groups in total. The van der Waals surface area contributed by atoms with Crippen molar-refractivity contribution in [1.82, 2.24) is 14.2 Å². The molecule has 0 radical (unpaired) electrons. The Morgan fingerprint density at radius 2 is 2.00 bits per heavy atom. The summed E-state index contributed by atoms with van der Waals surface area (Å²) >= 11 is 3.31. The number of carbonyl (C=O) groups excluding carboxylic acids is 1. The van der Waals surface area contributed by atoms with Gasteiger partial charge in [-0.2, -0.15) is 4.31 Å². The Morgan fingerprint density at radius 1 is 1.33 bits per heavy atom. The van der Waals surface area contributed by atoms with E-state index in [0.29, 0.717) is 42.8 Å². The summed E-state index contributed by atoms with van der Waals surface area (Å²) in [6, 6.07) is 3.51. The van der Waals surface area contributed by atoms with E-state index in [1.54, 1.807) is 23.2 Å². The zero-order valence-electron chi connectivity index (χ0n) is 11.8. The van der Waals surface area contributed by atoms with Crippen LogP contribution in [0.3, 0.4) is 0 Å². The Balaban J connectivity index is 2.02. The Labute approximate surface area is 133 Å². The standard InChI is InChI=1S/C13H18BrN3O3S/c1-2-10-21(19,20)17-8-6-16(7-9-17)13(18)12-11(14)4-3-5-15-12/h3-5H,2,6-10H2,1H3. The monoisotopic (exact) mass is 375 g/mol. The van der Waals surface area contributed by atoms with Crippen molar-refractivity contribution >= 4 is 31.9 Å². The van der Waals surface area contributed by atoms with Crippen molar-refractivity contribution in [3.8, 4) is 0 Å². The molecule has 0 aliphatic carbocycles. The van der Waals surface area contributed by atoms with Gasteiger partial charge in [-0.25, -0.2) is 13.4 Å². The summed E-state index contributed by atoms with van der Waals surface area (Å²) in [4.78, 5) is 18.1. The lowest BCUT2D eigenvalue weighted by molar-refractivity contribution is 0.0691. The van der Waals surface area contributed by atoms with Crippen molar-refractivity contribution in [2.45, 2.75) is 13.3 Å². The van der Waals surface area contributed by atoms with Crippen LogP contribution in [0.4, 0.5) is 0 Å². The maximum Gasteiger partial charge on any atom is 0.273 e. The van der Waals surface area contributed by atoms with E-state index < -0.39 is 10.0 Å². The van der Waals surface area contributed by atoms with Gasteiger partial charge < -0.3 is 4.90 Å². The van der Waals surface area contributed by atoms with Crippen LogP contribution in [0.25, 0.3) is 0 Å². The minimum Gasteiger partial charge on any atom is -0.335 e.